The third-order valence-electron chi connectivity index (χ3n) is 7.12. The Hall–Kier alpha value is -2.29. The summed E-state index contributed by atoms with van der Waals surface area (Å²) in [5.74, 6) is -0.902. The molecule has 2 atom stereocenters. The molecule has 10 heteroatoms. The van der Waals surface area contributed by atoms with E-state index in [1.54, 1.807) is 0 Å². The van der Waals surface area contributed by atoms with Crippen LogP contribution in [0.3, 0.4) is 0 Å². The molecule has 48 heavy (non-hydrogen) atoms. The Morgan fingerprint density at radius 2 is 1.21 bits per heavy atom. The van der Waals surface area contributed by atoms with Crippen LogP contribution in [-0.2, 0) is 32.7 Å². The molecule has 0 aliphatic carbocycles. The van der Waals surface area contributed by atoms with Crippen LogP contribution in [0, 0.1) is 0 Å². The molecule has 0 amide bonds. The lowest BCUT2D eigenvalue weighted by Crippen LogP contribution is -2.37. The van der Waals surface area contributed by atoms with Gasteiger partial charge in [-0.15, -0.1) is 0 Å². The number of phosphoric acid groups is 1. The highest BCUT2D eigenvalue weighted by Crippen LogP contribution is 2.38. The Bertz CT molecular complexity index is 1010. The SMILES string of the molecule is CC/C=C/C=C/C=C/C=C/CCCCCC(=O)OC(COC(=O)CCCCCCC/C=C/CCCC)COP(=O)([O-])OCC[N+](C)(C)C. The van der Waals surface area contributed by atoms with Crippen molar-refractivity contribution in [3.8, 4) is 0 Å². The van der Waals surface area contributed by atoms with Crippen LogP contribution >= 0.6 is 7.82 Å². The first-order valence-corrected chi connectivity index (χ1v) is 19.5. The normalized spacial score (nSPS) is 14.5. The molecule has 0 radical (unpaired) electrons. The van der Waals surface area contributed by atoms with Crippen LogP contribution < -0.4 is 4.89 Å². The summed E-state index contributed by atoms with van der Waals surface area (Å²) >= 11 is 0. The second kappa shape index (κ2) is 30.7. The number of likely N-dealkylation sites (N-methyl/N-ethyl adjacent to an activating group) is 1. The van der Waals surface area contributed by atoms with Gasteiger partial charge in [0.05, 0.1) is 27.7 Å². The fourth-order valence-electron chi connectivity index (χ4n) is 4.23. The van der Waals surface area contributed by atoms with Crippen molar-refractivity contribution < 1.29 is 42.1 Å². The molecule has 276 valence electrons. The summed E-state index contributed by atoms with van der Waals surface area (Å²) in [6, 6.07) is 0. The quantitative estimate of drug-likeness (QED) is 0.0177. The Morgan fingerprint density at radius 1 is 0.667 bits per heavy atom. The summed E-state index contributed by atoms with van der Waals surface area (Å²) in [7, 11) is 1.12. The monoisotopic (exact) mass is 695 g/mol. The van der Waals surface area contributed by atoms with Gasteiger partial charge in [0.2, 0.25) is 0 Å². The topological polar surface area (TPSA) is 111 Å². The smallest absolute Gasteiger partial charge is 0.306 e. The molecule has 0 aromatic carbocycles. The molecule has 0 aromatic heterocycles. The van der Waals surface area contributed by atoms with Crippen molar-refractivity contribution in [1.82, 2.24) is 0 Å². The molecule has 0 fully saturated rings. The molecule has 0 rings (SSSR count). The van der Waals surface area contributed by atoms with Crippen LogP contribution in [0.25, 0.3) is 0 Å². The lowest BCUT2D eigenvalue weighted by Gasteiger charge is -2.28. The summed E-state index contributed by atoms with van der Waals surface area (Å²) in [5.41, 5.74) is 0. The van der Waals surface area contributed by atoms with Crippen LogP contribution in [0.2, 0.25) is 0 Å². The average molecular weight is 696 g/mol. The van der Waals surface area contributed by atoms with Crippen molar-refractivity contribution in [3.05, 3.63) is 60.8 Å². The maximum absolute atomic E-state index is 12.6. The van der Waals surface area contributed by atoms with Gasteiger partial charge in [0, 0.05) is 12.8 Å². The molecule has 0 saturated carbocycles. The van der Waals surface area contributed by atoms with Gasteiger partial charge >= 0.3 is 11.9 Å². The number of carbonyl (C=O) groups excluding carboxylic acids is 2. The largest absolute Gasteiger partial charge is 0.756 e. The number of ether oxygens (including phenoxy) is 2. The first kappa shape index (κ1) is 45.7. The standard InChI is InChI=1S/C38H66NO8P/c1-6-8-10-12-14-16-18-19-21-23-25-27-29-31-38(41)47-36(35-46-48(42,43)45-33-32-39(3,4)5)34-44-37(40)30-28-26-24-22-20-17-15-13-11-9-7-2/h8,10,12-16,18-19,21,36H,6-7,9,11,17,20,22-35H2,1-5H3/b10-8+,14-12+,15-13+,18-16+,21-19+. The predicted molar refractivity (Wildman–Crippen MR) is 194 cm³/mol. The van der Waals surface area contributed by atoms with Gasteiger partial charge in [-0.25, -0.2) is 0 Å². The molecule has 0 N–H and O–H groups in total. The molecule has 0 saturated heterocycles. The van der Waals surface area contributed by atoms with E-state index in [0.29, 0.717) is 23.9 Å². The van der Waals surface area contributed by atoms with E-state index in [1.165, 1.54) is 12.8 Å². The van der Waals surface area contributed by atoms with Crippen molar-refractivity contribution in [3.63, 3.8) is 0 Å². The van der Waals surface area contributed by atoms with Gasteiger partial charge in [0.15, 0.2) is 6.10 Å². The Kier molecular flexibility index (Phi) is 29.3. The second-order valence-electron chi connectivity index (χ2n) is 12.9. The highest BCUT2D eigenvalue weighted by atomic mass is 31.2. The van der Waals surface area contributed by atoms with E-state index in [2.05, 4.69) is 38.2 Å². The zero-order valence-electron chi connectivity index (χ0n) is 30.7. The minimum Gasteiger partial charge on any atom is -0.756 e. The molecule has 0 spiro atoms. The van der Waals surface area contributed by atoms with Crippen LogP contribution in [0.4, 0.5) is 0 Å². The zero-order valence-corrected chi connectivity index (χ0v) is 31.5. The van der Waals surface area contributed by atoms with E-state index < -0.39 is 32.5 Å². The second-order valence-corrected chi connectivity index (χ2v) is 14.3. The molecule has 0 aliphatic heterocycles. The fourth-order valence-corrected chi connectivity index (χ4v) is 4.96. The number of phosphoric ester groups is 1. The molecule has 0 bridgehead atoms. The van der Waals surface area contributed by atoms with Crippen LogP contribution in [0.1, 0.15) is 117 Å². The summed E-state index contributed by atoms with van der Waals surface area (Å²) in [4.78, 5) is 37.2. The number of allylic oxidation sites excluding steroid dienone is 10. The third kappa shape index (κ3) is 33.6. The summed E-state index contributed by atoms with van der Waals surface area (Å²) in [6.07, 6.45) is 34.0. The molecular weight excluding hydrogens is 629 g/mol. The van der Waals surface area contributed by atoms with E-state index in [0.717, 1.165) is 64.2 Å². The Labute approximate surface area is 292 Å². The first-order valence-electron chi connectivity index (χ1n) is 18.0. The van der Waals surface area contributed by atoms with E-state index >= 15 is 0 Å². The van der Waals surface area contributed by atoms with E-state index in [-0.39, 0.29) is 26.1 Å². The van der Waals surface area contributed by atoms with Crippen molar-refractivity contribution in [2.24, 2.45) is 0 Å². The molecule has 9 nitrogen and oxygen atoms in total. The van der Waals surface area contributed by atoms with Crippen LogP contribution in [-0.4, -0.2) is 70.0 Å². The van der Waals surface area contributed by atoms with Gasteiger partial charge in [-0.2, -0.15) is 0 Å². The van der Waals surface area contributed by atoms with E-state index in [9.17, 15) is 19.0 Å². The lowest BCUT2D eigenvalue weighted by atomic mass is 10.1. The van der Waals surface area contributed by atoms with Gasteiger partial charge in [0.25, 0.3) is 7.82 Å². The number of carbonyl (C=O) groups is 2. The molecule has 0 heterocycles. The molecule has 2 unspecified atom stereocenters. The van der Waals surface area contributed by atoms with E-state index in [1.807, 2.05) is 57.6 Å². The Morgan fingerprint density at radius 3 is 1.85 bits per heavy atom. The number of esters is 2. The number of quaternary nitrogens is 1. The third-order valence-corrected chi connectivity index (χ3v) is 8.08. The van der Waals surface area contributed by atoms with Gasteiger partial charge in [-0.05, 0) is 51.4 Å². The van der Waals surface area contributed by atoms with Crippen LogP contribution in [0.5, 0.6) is 0 Å². The summed E-state index contributed by atoms with van der Waals surface area (Å²) in [5, 5.41) is 0. The fraction of sp³-hybridized carbons (Fsp3) is 0.684. The van der Waals surface area contributed by atoms with Crippen molar-refractivity contribution in [1.29, 1.82) is 0 Å². The first-order chi connectivity index (χ1) is 23.0. The Balaban J connectivity index is 4.58. The number of rotatable bonds is 31. The molecule has 0 aromatic rings. The minimum absolute atomic E-state index is 0.0431. The van der Waals surface area contributed by atoms with Gasteiger partial charge in [0.1, 0.15) is 19.8 Å². The summed E-state index contributed by atoms with van der Waals surface area (Å²) < 4.78 is 33.6. The van der Waals surface area contributed by atoms with Crippen LogP contribution in [0.15, 0.2) is 60.8 Å². The zero-order chi connectivity index (χ0) is 35.8. The van der Waals surface area contributed by atoms with Crippen molar-refractivity contribution in [2.75, 3.05) is 47.5 Å². The number of nitrogens with zero attached hydrogens (tertiary/aromatic N) is 1. The lowest BCUT2D eigenvalue weighted by molar-refractivity contribution is -0.870. The van der Waals surface area contributed by atoms with Gasteiger partial charge in [-0.3, -0.25) is 14.2 Å². The van der Waals surface area contributed by atoms with Gasteiger partial charge < -0.3 is 27.9 Å². The van der Waals surface area contributed by atoms with Gasteiger partial charge in [-0.1, -0.05) is 113 Å². The number of hydrogen-bond acceptors (Lipinski definition) is 8. The number of unbranched alkanes of at least 4 members (excludes halogenated alkanes) is 10. The highest BCUT2D eigenvalue weighted by Gasteiger charge is 2.21. The molecule has 0 aliphatic rings. The maximum Gasteiger partial charge on any atom is 0.306 e. The maximum atomic E-state index is 12.6. The minimum atomic E-state index is -4.63. The number of hydrogen-bond donors (Lipinski definition) is 0. The van der Waals surface area contributed by atoms with Crippen molar-refractivity contribution >= 4 is 19.8 Å². The highest BCUT2D eigenvalue weighted by molar-refractivity contribution is 7.45. The average Bonchev–Trinajstić information content (AvgIpc) is 3.02. The summed E-state index contributed by atoms with van der Waals surface area (Å²) in [6.45, 7) is 3.94. The predicted octanol–water partition coefficient (Wildman–Crippen LogP) is 8.71. The van der Waals surface area contributed by atoms with E-state index in [4.69, 9.17) is 18.5 Å². The van der Waals surface area contributed by atoms with Crippen molar-refractivity contribution in [2.45, 2.75) is 123 Å². The molecular formula is C38H66NO8P.